The van der Waals surface area contributed by atoms with Crippen LogP contribution in [0.1, 0.15) is 53.4 Å². The average molecular weight is 298 g/mol. The van der Waals surface area contributed by atoms with Crippen LogP contribution in [0.4, 0.5) is 0 Å². The van der Waals surface area contributed by atoms with Gasteiger partial charge in [0.15, 0.2) is 0 Å². The summed E-state index contributed by atoms with van der Waals surface area (Å²) in [4.78, 5) is 13.8. The fourth-order valence-corrected chi connectivity index (χ4v) is 2.98. The van der Waals surface area contributed by atoms with Crippen LogP contribution in [0, 0.1) is 11.3 Å². The SMILES string of the molecule is CCCCC1CC(NCC(C)(C)C)CN(CC(=O)OC)C1. The highest BCUT2D eigenvalue weighted by Crippen LogP contribution is 2.23. The summed E-state index contributed by atoms with van der Waals surface area (Å²) >= 11 is 0. The summed E-state index contributed by atoms with van der Waals surface area (Å²) in [5, 5.41) is 3.70. The van der Waals surface area contributed by atoms with Crippen LogP contribution in [-0.2, 0) is 9.53 Å². The summed E-state index contributed by atoms with van der Waals surface area (Å²) in [7, 11) is 1.47. The first-order valence-corrected chi connectivity index (χ1v) is 8.36. The fourth-order valence-electron chi connectivity index (χ4n) is 2.98. The maximum absolute atomic E-state index is 11.5. The molecular formula is C17H34N2O2. The summed E-state index contributed by atoms with van der Waals surface area (Å²) < 4.78 is 4.82. The van der Waals surface area contributed by atoms with Crippen molar-refractivity contribution in [1.82, 2.24) is 10.2 Å². The van der Waals surface area contributed by atoms with Gasteiger partial charge in [0.25, 0.3) is 0 Å². The molecule has 2 atom stereocenters. The topological polar surface area (TPSA) is 41.6 Å². The lowest BCUT2D eigenvalue weighted by atomic mass is 9.89. The van der Waals surface area contributed by atoms with Gasteiger partial charge in [-0.05, 0) is 24.2 Å². The average Bonchev–Trinajstić information content (AvgIpc) is 2.42. The van der Waals surface area contributed by atoms with Crippen LogP contribution in [0.2, 0.25) is 0 Å². The van der Waals surface area contributed by atoms with Gasteiger partial charge in [-0.2, -0.15) is 0 Å². The molecule has 4 heteroatoms. The Bertz CT molecular complexity index is 312. The molecule has 0 radical (unpaired) electrons. The lowest BCUT2D eigenvalue weighted by molar-refractivity contribution is -0.142. The molecule has 1 heterocycles. The number of carbonyl (C=O) groups is 1. The monoisotopic (exact) mass is 298 g/mol. The molecule has 0 saturated carbocycles. The number of ether oxygens (including phenoxy) is 1. The molecule has 0 bridgehead atoms. The predicted molar refractivity (Wildman–Crippen MR) is 87.3 cm³/mol. The Morgan fingerprint density at radius 1 is 1.33 bits per heavy atom. The highest BCUT2D eigenvalue weighted by atomic mass is 16.5. The fraction of sp³-hybridized carbons (Fsp3) is 0.941. The summed E-state index contributed by atoms with van der Waals surface area (Å²) in [5.41, 5.74) is 0.295. The van der Waals surface area contributed by atoms with Gasteiger partial charge >= 0.3 is 5.97 Å². The smallest absolute Gasteiger partial charge is 0.319 e. The summed E-state index contributed by atoms with van der Waals surface area (Å²) in [6.07, 6.45) is 5.02. The molecule has 1 N–H and O–H groups in total. The minimum atomic E-state index is -0.124. The highest BCUT2D eigenvalue weighted by molar-refractivity contribution is 5.71. The second kappa shape index (κ2) is 8.74. The van der Waals surface area contributed by atoms with E-state index in [-0.39, 0.29) is 5.97 Å². The van der Waals surface area contributed by atoms with Crippen molar-refractivity contribution >= 4 is 5.97 Å². The van der Waals surface area contributed by atoms with Gasteiger partial charge in [0, 0.05) is 25.7 Å². The van der Waals surface area contributed by atoms with Crippen molar-refractivity contribution in [1.29, 1.82) is 0 Å². The van der Waals surface area contributed by atoms with Crippen LogP contribution < -0.4 is 5.32 Å². The number of nitrogens with one attached hydrogen (secondary N) is 1. The number of unbranched alkanes of at least 4 members (excludes halogenated alkanes) is 1. The van der Waals surface area contributed by atoms with E-state index in [1.54, 1.807) is 0 Å². The molecule has 1 aliphatic rings. The largest absolute Gasteiger partial charge is 0.468 e. The van der Waals surface area contributed by atoms with Gasteiger partial charge in [0.2, 0.25) is 0 Å². The van der Waals surface area contributed by atoms with Crippen LogP contribution >= 0.6 is 0 Å². The quantitative estimate of drug-likeness (QED) is 0.734. The van der Waals surface area contributed by atoms with E-state index in [1.165, 1.54) is 32.8 Å². The van der Waals surface area contributed by atoms with Crippen molar-refractivity contribution in [2.75, 3.05) is 33.3 Å². The third-order valence-corrected chi connectivity index (χ3v) is 4.08. The van der Waals surface area contributed by atoms with Crippen LogP contribution in [-0.4, -0.2) is 50.2 Å². The molecule has 1 fully saturated rings. The van der Waals surface area contributed by atoms with Crippen molar-refractivity contribution in [3.8, 4) is 0 Å². The summed E-state index contributed by atoms with van der Waals surface area (Å²) in [6.45, 7) is 12.4. The Kier molecular flexibility index (Phi) is 7.67. The van der Waals surface area contributed by atoms with E-state index in [0.29, 0.717) is 23.9 Å². The van der Waals surface area contributed by atoms with E-state index in [9.17, 15) is 4.79 Å². The number of hydrogen-bond donors (Lipinski definition) is 1. The first-order chi connectivity index (χ1) is 9.84. The third kappa shape index (κ3) is 7.82. The molecule has 0 amide bonds. The highest BCUT2D eigenvalue weighted by Gasteiger charge is 2.28. The lowest BCUT2D eigenvalue weighted by Crippen LogP contribution is -2.52. The molecule has 0 spiro atoms. The maximum Gasteiger partial charge on any atom is 0.319 e. The number of likely N-dealkylation sites (tertiary alicyclic amines) is 1. The molecule has 0 aromatic heterocycles. The maximum atomic E-state index is 11.5. The molecule has 21 heavy (non-hydrogen) atoms. The van der Waals surface area contributed by atoms with Crippen molar-refractivity contribution in [3.63, 3.8) is 0 Å². The van der Waals surface area contributed by atoms with Gasteiger partial charge in [0.1, 0.15) is 0 Å². The van der Waals surface area contributed by atoms with Crippen LogP contribution in [0.3, 0.4) is 0 Å². The van der Waals surface area contributed by atoms with Gasteiger partial charge in [-0.25, -0.2) is 0 Å². The molecule has 1 rings (SSSR count). The van der Waals surface area contributed by atoms with Gasteiger partial charge in [-0.3, -0.25) is 9.69 Å². The zero-order chi connectivity index (χ0) is 15.9. The number of carbonyl (C=O) groups excluding carboxylic acids is 1. The molecular weight excluding hydrogens is 264 g/mol. The van der Waals surface area contributed by atoms with E-state index in [0.717, 1.165) is 19.6 Å². The first kappa shape index (κ1) is 18.4. The van der Waals surface area contributed by atoms with E-state index < -0.39 is 0 Å². The van der Waals surface area contributed by atoms with Crippen LogP contribution in [0.15, 0.2) is 0 Å². The number of rotatable bonds is 7. The standard InChI is InChI=1S/C17H34N2O2/c1-6-7-8-14-9-15(18-13-17(2,3)4)11-19(10-14)12-16(20)21-5/h14-15,18H,6-13H2,1-5H3. The van der Waals surface area contributed by atoms with Crippen molar-refractivity contribution in [2.45, 2.75) is 59.4 Å². The summed E-state index contributed by atoms with van der Waals surface area (Å²) in [6, 6.07) is 0.490. The normalized spacial score (nSPS) is 24.0. The van der Waals surface area contributed by atoms with Gasteiger partial charge in [-0.15, -0.1) is 0 Å². The number of esters is 1. The predicted octanol–water partition coefficient (Wildman–Crippen LogP) is 2.68. The number of nitrogens with zero attached hydrogens (tertiary/aromatic N) is 1. The Labute approximate surface area is 130 Å². The summed E-state index contributed by atoms with van der Waals surface area (Å²) in [5.74, 6) is 0.571. The molecule has 1 saturated heterocycles. The van der Waals surface area contributed by atoms with E-state index in [2.05, 4.69) is 37.9 Å². The number of piperidine rings is 1. The van der Waals surface area contributed by atoms with Crippen molar-refractivity contribution in [3.05, 3.63) is 0 Å². The molecule has 1 aliphatic heterocycles. The zero-order valence-electron chi connectivity index (χ0n) is 14.6. The number of methoxy groups -OCH3 is 1. The Morgan fingerprint density at radius 2 is 2.05 bits per heavy atom. The zero-order valence-corrected chi connectivity index (χ0v) is 14.6. The second-order valence-corrected chi connectivity index (χ2v) is 7.65. The number of hydrogen-bond acceptors (Lipinski definition) is 4. The van der Waals surface area contributed by atoms with Crippen molar-refractivity contribution < 1.29 is 9.53 Å². The van der Waals surface area contributed by atoms with Crippen LogP contribution in [0.25, 0.3) is 0 Å². The minimum Gasteiger partial charge on any atom is -0.468 e. The Hall–Kier alpha value is -0.610. The minimum absolute atomic E-state index is 0.124. The van der Waals surface area contributed by atoms with Crippen molar-refractivity contribution in [2.24, 2.45) is 11.3 Å². The van der Waals surface area contributed by atoms with Gasteiger partial charge in [0.05, 0.1) is 13.7 Å². The molecule has 0 aromatic carbocycles. The third-order valence-electron chi connectivity index (χ3n) is 4.08. The molecule has 4 nitrogen and oxygen atoms in total. The Balaban J connectivity index is 2.54. The molecule has 0 aromatic rings. The lowest BCUT2D eigenvalue weighted by Gasteiger charge is -2.38. The van der Waals surface area contributed by atoms with E-state index in [1.807, 2.05) is 0 Å². The van der Waals surface area contributed by atoms with Crippen LogP contribution in [0.5, 0.6) is 0 Å². The second-order valence-electron chi connectivity index (χ2n) is 7.65. The Morgan fingerprint density at radius 3 is 2.62 bits per heavy atom. The molecule has 0 aliphatic carbocycles. The van der Waals surface area contributed by atoms with E-state index >= 15 is 0 Å². The van der Waals surface area contributed by atoms with E-state index in [4.69, 9.17) is 4.74 Å². The van der Waals surface area contributed by atoms with Gasteiger partial charge in [-0.1, -0.05) is 40.5 Å². The molecule has 124 valence electrons. The molecule has 2 unspecified atom stereocenters. The van der Waals surface area contributed by atoms with Gasteiger partial charge < -0.3 is 10.1 Å². The first-order valence-electron chi connectivity index (χ1n) is 8.36.